The summed E-state index contributed by atoms with van der Waals surface area (Å²) in [6.07, 6.45) is 3.53. The number of amides is 1. The SMILES string of the molecule is O=C(Nc1ccccc1CN1CCCC1)C1CCNC1. The molecule has 0 aromatic heterocycles. The van der Waals surface area contributed by atoms with E-state index in [1.54, 1.807) is 0 Å². The highest BCUT2D eigenvalue weighted by atomic mass is 16.1. The van der Waals surface area contributed by atoms with Crippen molar-refractivity contribution in [2.75, 3.05) is 31.5 Å². The number of carbonyl (C=O) groups is 1. The van der Waals surface area contributed by atoms with Gasteiger partial charge in [-0.1, -0.05) is 18.2 Å². The van der Waals surface area contributed by atoms with E-state index in [0.717, 1.165) is 31.7 Å². The Hall–Kier alpha value is -1.39. The molecule has 2 N–H and O–H groups in total. The normalized spacial score (nSPS) is 23.1. The lowest BCUT2D eigenvalue weighted by Gasteiger charge is -2.18. The van der Waals surface area contributed by atoms with E-state index in [0.29, 0.717) is 0 Å². The van der Waals surface area contributed by atoms with E-state index < -0.39 is 0 Å². The first-order valence-electron chi connectivity index (χ1n) is 7.65. The van der Waals surface area contributed by atoms with E-state index in [-0.39, 0.29) is 11.8 Å². The molecule has 3 rings (SSSR count). The van der Waals surface area contributed by atoms with Crippen LogP contribution in [0.25, 0.3) is 0 Å². The summed E-state index contributed by atoms with van der Waals surface area (Å²) in [4.78, 5) is 14.7. The maximum absolute atomic E-state index is 12.2. The molecule has 1 atom stereocenters. The van der Waals surface area contributed by atoms with Gasteiger partial charge < -0.3 is 10.6 Å². The van der Waals surface area contributed by atoms with Crippen molar-refractivity contribution < 1.29 is 4.79 Å². The van der Waals surface area contributed by atoms with Crippen molar-refractivity contribution in [2.45, 2.75) is 25.8 Å². The minimum atomic E-state index is 0.120. The van der Waals surface area contributed by atoms with Gasteiger partial charge in [0.25, 0.3) is 0 Å². The van der Waals surface area contributed by atoms with E-state index in [1.165, 1.54) is 31.5 Å². The van der Waals surface area contributed by atoms with Gasteiger partial charge in [-0.05, 0) is 50.5 Å². The molecule has 0 spiro atoms. The highest BCUT2D eigenvalue weighted by molar-refractivity contribution is 5.93. The molecule has 108 valence electrons. The molecule has 1 aromatic rings. The molecular weight excluding hydrogens is 250 g/mol. The van der Waals surface area contributed by atoms with Crippen LogP contribution in [0, 0.1) is 5.92 Å². The molecule has 0 saturated carbocycles. The third kappa shape index (κ3) is 3.19. The number of nitrogens with zero attached hydrogens (tertiary/aromatic N) is 1. The predicted molar refractivity (Wildman–Crippen MR) is 80.6 cm³/mol. The Kier molecular flexibility index (Phi) is 4.33. The average Bonchev–Trinajstić information content (AvgIpc) is 3.13. The topological polar surface area (TPSA) is 44.4 Å². The lowest BCUT2D eigenvalue weighted by Crippen LogP contribution is -2.26. The highest BCUT2D eigenvalue weighted by Crippen LogP contribution is 2.21. The molecule has 1 amide bonds. The molecule has 1 aromatic carbocycles. The van der Waals surface area contributed by atoms with Crippen LogP contribution < -0.4 is 10.6 Å². The second-order valence-corrected chi connectivity index (χ2v) is 5.82. The Morgan fingerprint density at radius 3 is 2.85 bits per heavy atom. The van der Waals surface area contributed by atoms with Crippen molar-refractivity contribution in [3.63, 3.8) is 0 Å². The van der Waals surface area contributed by atoms with Crippen LogP contribution in [0.1, 0.15) is 24.8 Å². The van der Waals surface area contributed by atoms with Gasteiger partial charge in [0.1, 0.15) is 0 Å². The summed E-state index contributed by atoms with van der Waals surface area (Å²) in [5.74, 6) is 0.277. The van der Waals surface area contributed by atoms with Crippen LogP contribution in [-0.4, -0.2) is 37.0 Å². The van der Waals surface area contributed by atoms with Crippen LogP contribution >= 0.6 is 0 Å². The fourth-order valence-electron chi connectivity index (χ4n) is 3.08. The number of carbonyl (C=O) groups excluding carboxylic acids is 1. The van der Waals surface area contributed by atoms with E-state index in [9.17, 15) is 4.79 Å². The Labute approximate surface area is 120 Å². The van der Waals surface area contributed by atoms with Crippen LogP contribution in [0.4, 0.5) is 5.69 Å². The minimum absolute atomic E-state index is 0.120. The lowest BCUT2D eigenvalue weighted by molar-refractivity contribution is -0.119. The molecule has 2 saturated heterocycles. The molecule has 2 fully saturated rings. The molecule has 0 bridgehead atoms. The summed E-state index contributed by atoms with van der Waals surface area (Å²) in [7, 11) is 0. The highest BCUT2D eigenvalue weighted by Gasteiger charge is 2.23. The number of anilines is 1. The van der Waals surface area contributed by atoms with Crippen LogP contribution in [-0.2, 0) is 11.3 Å². The standard InChI is InChI=1S/C16H23N3O/c20-16(13-7-8-17-11-13)18-15-6-2-1-5-14(15)12-19-9-3-4-10-19/h1-2,5-6,13,17H,3-4,7-12H2,(H,18,20). The van der Waals surface area contributed by atoms with Crippen molar-refractivity contribution in [1.82, 2.24) is 10.2 Å². The van der Waals surface area contributed by atoms with Gasteiger partial charge in [-0.3, -0.25) is 9.69 Å². The Morgan fingerprint density at radius 1 is 1.30 bits per heavy atom. The van der Waals surface area contributed by atoms with Crippen molar-refractivity contribution in [3.8, 4) is 0 Å². The van der Waals surface area contributed by atoms with Crippen LogP contribution in [0.15, 0.2) is 24.3 Å². The summed E-state index contributed by atoms with van der Waals surface area (Å²) in [6.45, 7) is 5.05. The molecule has 0 radical (unpaired) electrons. The van der Waals surface area contributed by atoms with Crippen LogP contribution in [0.2, 0.25) is 0 Å². The second kappa shape index (κ2) is 6.37. The molecule has 0 aliphatic carbocycles. The van der Waals surface area contributed by atoms with E-state index in [4.69, 9.17) is 0 Å². The van der Waals surface area contributed by atoms with E-state index in [2.05, 4.69) is 27.7 Å². The molecule has 1 unspecified atom stereocenters. The Morgan fingerprint density at radius 2 is 2.10 bits per heavy atom. The maximum Gasteiger partial charge on any atom is 0.228 e. The van der Waals surface area contributed by atoms with E-state index >= 15 is 0 Å². The number of hydrogen-bond donors (Lipinski definition) is 2. The fourth-order valence-corrected chi connectivity index (χ4v) is 3.08. The van der Waals surface area contributed by atoms with Crippen molar-refractivity contribution in [1.29, 1.82) is 0 Å². The van der Waals surface area contributed by atoms with Gasteiger partial charge in [-0.25, -0.2) is 0 Å². The van der Waals surface area contributed by atoms with Crippen LogP contribution in [0.5, 0.6) is 0 Å². The first-order valence-corrected chi connectivity index (χ1v) is 7.65. The fraction of sp³-hybridized carbons (Fsp3) is 0.562. The number of hydrogen-bond acceptors (Lipinski definition) is 3. The van der Waals surface area contributed by atoms with Gasteiger partial charge in [-0.15, -0.1) is 0 Å². The molecule has 20 heavy (non-hydrogen) atoms. The summed E-state index contributed by atoms with van der Waals surface area (Å²) >= 11 is 0. The quantitative estimate of drug-likeness (QED) is 0.879. The molecule has 2 aliphatic rings. The zero-order valence-electron chi connectivity index (χ0n) is 11.9. The molecule has 2 heterocycles. The number of rotatable bonds is 4. The number of para-hydroxylation sites is 1. The summed E-state index contributed by atoms with van der Waals surface area (Å²) < 4.78 is 0. The van der Waals surface area contributed by atoms with Gasteiger partial charge in [0.15, 0.2) is 0 Å². The first kappa shape index (κ1) is 13.6. The molecule has 2 aliphatic heterocycles. The monoisotopic (exact) mass is 273 g/mol. The third-order valence-corrected chi connectivity index (χ3v) is 4.30. The summed E-state index contributed by atoms with van der Waals surface area (Å²) in [5, 5.41) is 6.36. The summed E-state index contributed by atoms with van der Waals surface area (Å²) in [5.41, 5.74) is 2.21. The second-order valence-electron chi connectivity index (χ2n) is 5.82. The number of benzene rings is 1. The van der Waals surface area contributed by atoms with Crippen LogP contribution in [0.3, 0.4) is 0 Å². The number of nitrogens with one attached hydrogen (secondary N) is 2. The largest absolute Gasteiger partial charge is 0.326 e. The smallest absolute Gasteiger partial charge is 0.228 e. The van der Waals surface area contributed by atoms with Gasteiger partial charge in [0.2, 0.25) is 5.91 Å². The zero-order valence-corrected chi connectivity index (χ0v) is 11.9. The van der Waals surface area contributed by atoms with Gasteiger partial charge in [0, 0.05) is 18.8 Å². The van der Waals surface area contributed by atoms with E-state index in [1.807, 2.05) is 12.1 Å². The van der Waals surface area contributed by atoms with Crippen molar-refractivity contribution in [2.24, 2.45) is 5.92 Å². The Balaban J connectivity index is 1.66. The minimum Gasteiger partial charge on any atom is -0.326 e. The predicted octanol–water partition coefficient (Wildman–Crippen LogP) is 1.83. The van der Waals surface area contributed by atoms with Crippen molar-refractivity contribution in [3.05, 3.63) is 29.8 Å². The Bertz CT molecular complexity index is 463. The van der Waals surface area contributed by atoms with Gasteiger partial charge >= 0.3 is 0 Å². The lowest BCUT2D eigenvalue weighted by atomic mass is 10.1. The first-order chi connectivity index (χ1) is 9.83. The van der Waals surface area contributed by atoms with Crippen molar-refractivity contribution >= 4 is 11.6 Å². The maximum atomic E-state index is 12.2. The van der Waals surface area contributed by atoms with Gasteiger partial charge in [-0.2, -0.15) is 0 Å². The molecule has 4 nitrogen and oxygen atoms in total. The van der Waals surface area contributed by atoms with Gasteiger partial charge in [0.05, 0.1) is 5.92 Å². The zero-order chi connectivity index (χ0) is 13.8. The number of likely N-dealkylation sites (tertiary alicyclic amines) is 1. The summed E-state index contributed by atoms with van der Waals surface area (Å²) in [6, 6.07) is 8.20. The third-order valence-electron chi connectivity index (χ3n) is 4.30. The molecule has 4 heteroatoms. The molecular formula is C16H23N3O. The average molecular weight is 273 g/mol.